The van der Waals surface area contributed by atoms with Gasteiger partial charge in [-0.2, -0.15) is 5.10 Å². The van der Waals surface area contributed by atoms with Gasteiger partial charge in [-0.3, -0.25) is 10.2 Å². The van der Waals surface area contributed by atoms with E-state index in [9.17, 15) is 18.0 Å². The molecule has 0 radical (unpaired) electrons. The average Bonchev–Trinajstić information content (AvgIpc) is 3.35. The van der Waals surface area contributed by atoms with Gasteiger partial charge in [0.1, 0.15) is 12.1 Å². The summed E-state index contributed by atoms with van der Waals surface area (Å²) in [6.45, 7) is 1.50. The second-order valence-corrected chi connectivity index (χ2v) is 8.04. The highest BCUT2D eigenvalue weighted by Crippen LogP contribution is 2.24. The average molecular weight is 525 g/mol. The van der Waals surface area contributed by atoms with Gasteiger partial charge in [0.25, 0.3) is 0 Å². The summed E-state index contributed by atoms with van der Waals surface area (Å²) in [4.78, 5) is 15.6. The van der Waals surface area contributed by atoms with Gasteiger partial charge in [-0.15, -0.1) is 18.3 Å². The standard InChI is InChI=1S/C25H19F3N6O2S/c1-16(35)18-6-8-20(9-7-18)31-24(37)32-30-14-17-2-4-19(5-3-17)23-29-15-34(33-23)21-10-12-22(13-11-21)36-25(26,27)28/h2-15H,1H3,(H2,31,32,37)/b30-14+. The zero-order valence-electron chi connectivity index (χ0n) is 19.2. The molecule has 3 aromatic carbocycles. The van der Waals surface area contributed by atoms with Crippen molar-refractivity contribution >= 4 is 35.0 Å². The topological polar surface area (TPSA) is 93.4 Å². The molecule has 0 atom stereocenters. The quantitative estimate of drug-likeness (QED) is 0.146. The lowest BCUT2D eigenvalue weighted by Gasteiger charge is -2.09. The van der Waals surface area contributed by atoms with Crippen molar-refractivity contribution in [3.63, 3.8) is 0 Å². The van der Waals surface area contributed by atoms with E-state index >= 15 is 0 Å². The lowest BCUT2D eigenvalue weighted by molar-refractivity contribution is -0.274. The van der Waals surface area contributed by atoms with Gasteiger partial charge in [-0.25, -0.2) is 9.67 Å². The van der Waals surface area contributed by atoms with E-state index < -0.39 is 6.36 Å². The van der Waals surface area contributed by atoms with Crippen LogP contribution in [0.2, 0.25) is 0 Å². The highest BCUT2D eigenvalue weighted by atomic mass is 32.1. The molecule has 0 aliphatic rings. The molecule has 1 aromatic heterocycles. The number of nitrogens with one attached hydrogen (secondary N) is 2. The van der Waals surface area contributed by atoms with E-state index in [2.05, 4.69) is 30.7 Å². The summed E-state index contributed by atoms with van der Waals surface area (Å²) in [5, 5.41) is 11.7. The Morgan fingerprint density at radius 1 is 1.03 bits per heavy atom. The molecule has 4 rings (SSSR count). The first-order valence-corrected chi connectivity index (χ1v) is 11.2. The fourth-order valence-corrected chi connectivity index (χ4v) is 3.32. The van der Waals surface area contributed by atoms with Crippen LogP contribution in [0.25, 0.3) is 17.1 Å². The first-order valence-electron chi connectivity index (χ1n) is 10.8. The van der Waals surface area contributed by atoms with Crippen molar-refractivity contribution in [2.45, 2.75) is 13.3 Å². The van der Waals surface area contributed by atoms with Gasteiger partial charge in [0.15, 0.2) is 16.7 Å². The Labute approximate surface area is 214 Å². The number of halogens is 3. The minimum absolute atomic E-state index is 0.0138. The minimum Gasteiger partial charge on any atom is -0.406 e. The van der Waals surface area contributed by atoms with Crippen LogP contribution in [-0.4, -0.2) is 38.2 Å². The maximum atomic E-state index is 12.3. The Kier molecular flexibility index (Phi) is 7.58. The summed E-state index contributed by atoms with van der Waals surface area (Å²) < 4.78 is 42.3. The van der Waals surface area contributed by atoms with Crippen LogP contribution < -0.4 is 15.5 Å². The number of carbonyl (C=O) groups is 1. The largest absolute Gasteiger partial charge is 0.573 e. The molecule has 8 nitrogen and oxygen atoms in total. The molecular weight excluding hydrogens is 505 g/mol. The van der Waals surface area contributed by atoms with Gasteiger partial charge in [-0.1, -0.05) is 24.3 Å². The number of aromatic nitrogens is 3. The highest BCUT2D eigenvalue weighted by Gasteiger charge is 2.31. The van der Waals surface area contributed by atoms with Crippen molar-refractivity contribution in [3.05, 3.63) is 90.3 Å². The Balaban J connectivity index is 1.32. The molecule has 0 saturated carbocycles. The Morgan fingerprint density at radius 2 is 1.70 bits per heavy atom. The van der Waals surface area contributed by atoms with Gasteiger partial charge >= 0.3 is 6.36 Å². The number of hydrogen-bond acceptors (Lipinski definition) is 6. The predicted molar refractivity (Wildman–Crippen MR) is 137 cm³/mol. The zero-order valence-corrected chi connectivity index (χ0v) is 20.0. The smallest absolute Gasteiger partial charge is 0.406 e. The Bertz CT molecular complexity index is 1420. The predicted octanol–water partition coefficient (Wildman–Crippen LogP) is 5.36. The first kappa shape index (κ1) is 25.5. The first-order chi connectivity index (χ1) is 17.7. The summed E-state index contributed by atoms with van der Waals surface area (Å²) in [5.41, 5.74) is 6.13. The monoisotopic (exact) mass is 524 g/mol. The summed E-state index contributed by atoms with van der Waals surface area (Å²) in [7, 11) is 0. The van der Waals surface area contributed by atoms with E-state index in [1.54, 1.807) is 30.5 Å². The molecule has 2 N–H and O–H groups in total. The maximum Gasteiger partial charge on any atom is 0.573 e. The van der Waals surface area contributed by atoms with Crippen LogP contribution in [-0.2, 0) is 0 Å². The van der Waals surface area contributed by atoms with Crippen LogP contribution in [0, 0.1) is 0 Å². The molecule has 0 saturated heterocycles. The number of thiocarbonyl (C=S) groups is 1. The van der Waals surface area contributed by atoms with Gasteiger partial charge in [-0.05, 0) is 73.2 Å². The van der Waals surface area contributed by atoms with E-state index in [0.29, 0.717) is 17.1 Å². The van der Waals surface area contributed by atoms with E-state index in [1.807, 2.05) is 24.3 Å². The third-order valence-corrected chi connectivity index (χ3v) is 5.12. The number of hydrogen-bond donors (Lipinski definition) is 2. The number of hydrazone groups is 1. The Hall–Kier alpha value is -4.58. The number of ketones is 1. The molecule has 0 spiro atoms. The zero-order chi connectivity index (χ0) is 26.4. The molecular formula is C25H19F3N6O2S. The number of rotatable bonds is 7. The Morgan fingerprint density at radius 3 is 2.32 bits per heavy atom. The highest BCUT2D eigenvalue weighted by molar-refractivity contribution is 7.80. The number of carbonyl (C=O) groups excluding carboxylic acids is 1. The van der Waals surface area contributed by atoms with E-state index in [1.165, 1.54) is 42.2 Å². The number of alkyl halides is 3. The van der Waals surface area contributed by atoms with Crippen molar-refractivity contribution in [2.24, 2.45) is 5.10 Å². The van der Waals surface area contributed by atoms with Crippen molar-refractivity contribution in [1.29, 1.82) is 0 Å². The molecule has 1 heterocycles. The van der Waals surface area contributed by atoms with Crippen LogP contribution in [0.1, 0.15) is 22.8 Å². The molecule has 0 fully saturated rings. The minimum atomic E-state index is -4.75. The lowest BCUT2D eigenvalue weighted by atomic mass is 10.1. The van der Waals surface area contributed by atoms with Crippen LogP contribution >= 0.6 is 12.2 Å². The molecule has 4 aromatic rings. The molecule has 0 bridgehead atoms. The third-order valence-electron chi connectivity index (χ3n) is 4.92. The van der Waals surface area contributed by atoms with E-state index in [4.69, 9.17) is 12.2 Å². The van der Waals surface area contributed by atoms with Gasteiger partial charge < -0.3 is 10.1 Å². The van der Waals surface area contributed by atoms with Crippen molar-refractivity contribution in [3.8, 4) is 22.8 Å². The maximum absolute atomic E-state index is 12.3. The van der Waals surface area contributed by atoms with Gasteiger partial charge in [0.2, 0.25) is 0 Å². The van der Waals surface area contributed by atoms with Gasteiger partial charge in [0, 0.05) is 16.8 Å². The molecule has 0 aliphatic heterocycles. The number of nitrogens with zero attached hydrogens (tertiary/aromatic N) is 4. The fraction of sp³-hybridized carbons (Fsp3) is 0.0800. The van der Waals surface area contributed by atoms with Crippen LogP contribution in [0.15, 0.2) is 84.2 Å². The summed E-state index contributed by atoms with van der Waals surface area (Å²) in [6.07, 6.45) is -1.69. The molecule has 0 unspecified atom stereocenters. The van der Waals surface area contributed by atoms with Crippen LogP contribution in [0.3, 0.4) is 0 Å². The van der Waals surface area contributed by atoms with E-state index in [-0.39, 0.29) is 16.6 Å². The fourth-order valence-electron chi connectivity index (χ4n) is 3.15. The normalized spacial score (nSPS) is 11.4. The van der Waals surface area contributed by atoms with Crippen molar-refractivity contribution < 1.29 is 22.7 Å². The second kappa shape index (κ2) is 11.0. The molecule has 0 aliphatic carbocycles. The van der Waals surface area contributed by atoms with Crippen LogP contribution in [0.4, 0.5) is 18.9 Å². The van der Waals surface area contributed by atoms with Crippen molar-refractivity contribution in [2.75, 3.05) is 5.32 Å². The summed E-state index contributed by atoms with van der Waals surface area (Å²) in [6, 6.07) is 19.5. The SMILES string of the molecule is CC(=O)c1ccc(NC(=S)N/N=C/c2ccc(-c3ncn(-c4ccc(OC(F)(F)F)cc4)n3)cc2)cc1. The number of benzene rings is 3. The number of Topliss-reactive ketones (excluding diaryl/α,β-unsaturated/α-hetero) is 1. The molecule has 37 heavy (non-hydrogen) atoms. The third kappa shape index (κ3) is 7.21. The second-order valence-electron chi connectivity index (χ2n) is 7.63. The van der Waals surface area contributed by atoms with E-state index in [0.717, 1.165) is 16.8 Å². The lowest BCUT2D eigenvalue weighted by Crippen LogP contribution is -2.23. The molecule has 12 heteroatoms. The van der Waals surface area contributed by atoms with Crippen molar-refractivity contribution in [1.82, 2.24) is 20.2 Å². The van der Waals surface area contributed by atoms with Gasteiger partial charge in [0.05, 0.1) is 11.9 Å². The number of anilines is 1. The molecule has 0 amide bonds. The summed E-state index contributed by atoms with van der Waals surface area (Å²) in [5.74, 6) is 0.113. The number of ether oxygens (including phenoxy) is 1. The van der Waals surface area contributed by atoms with Crippen LogP contribution in [0.5, 0.6) is 5.75 Å². The molecule has 188 valence electrons. The summed E-state index contributed by atoms with van der Waals surface area (Å²) >= 11 is 5.21.